The molecule has 0 unspecified atom stereocenters. The van der Waals surface area contributed by atoms with Crippen LogP contribution in [-0.4, -0.2) is 53.0 Å². The van der Waals surface area contributed by atoms with E-state index in [-0.39, 0.29) is 19.0 Å². The van der Waals surface area contributed by atoms with E-state index in [2.05, 4.69) is 5.32 Å². The number of sulfonamides is 1. The molecule has 2 aromatic rings. The number of benzene rings is 1. The van der Waals surface area contributed by atoms with Crippen LogP contribution in [0.2, 0.25) is 0 Å². The molecule has 1 aromatic heterocycles. The Hall–Kier alpha value is -2.30. The molecule has 164 valence electrons. The van der Waals surface area contributed by atoms with Crippen molar-refractivity contribution in [2.24, 2.45) is 5.92 Å². The molecule has 1 saturated heterocycles. The second-order valence-electron chi connectivity index (χ2n) is 6.85. The van der Waals surface area contributed by atoms with Crippen molar-refractivity contribution in [2.75, 3.05) is 34.4 Å². The predicted octanol–water partition coefficient (Wildman–Crippen LogP) is 2.49. The summed E-state index contributed by atoms with van der Waals surface area (Å²) in [5, 5.41) is 4.64. The van der Waals surface area contributed by atoms with E-state index in [1.165, 1.54) is 37.0 Å². The summed E-state index contributed by atoms with van der Waals surface area (Å²) in [6.45, 7) is 0.833. The van der Waals surface area contributed by atoms with Gasteiger partial charge in [0.05, 0.1) is 27.2 Å². The molecular weight excluding hydrogens is 428 g/mol. The highest BCUT2D eigenvalue weighted by molar-refractivity contribution is 7.91. The van der Waals surface area contributed by atoms with E-state index in [1.54, 1.807) is 29.6 Å². The van der Waals surface area contributed by atoms with Gasteiger partial charge in [0.2, 0.25) is 11.7 Å². The molecule has 8 nitrogen and oxygen atoms in total. The van der Waals surface area contributed by atoms with Crippen molar-refractivity contribution < 1.29 is 27.4 Å². The number of carbonyl (C=O) groups excluding carboxylic acids is 1. The number of hydrogen-bond donors (Lipinski definition) is 1. The third-order valence-electron chi connectivity index (χ3n) is 5.08. The van der Waals surface area contributed by atoms with Crippen molar-refractivity contribution >= 4 is 27.3 Å². The largest absolute Gasteiger partial charge is 0.493 e. The molecule has 3 rings (SSSR count). The lowest BCUT2D eigenvalue weighted by Crippen LogP contribution is -2.45. The summed E-state index contributed by atoms with van der Waals surface area (Å²) < 4.78 is 43.4. The van der Waals surface area contributed by atoms with Crippen molar-refractivity contribution in [3.05, 3.63) is 35.2 Å². The van der Waals surface area contributed by atoms with Gasteiger partial charge in [0.15, 0.2) is 11.5 Å². The summed E-state index contributed by atoms with van der Waals surface area (Å²) in [5.74, 6) is 0.893. The van der Waals surface area contributed by atoms with E-state index in [9.17, 15) is 13.2 Å². The number of thiophene rings is 1. The topological polar surface area (TPSA) is 94.2 Å². The number of rotatable bonds is 8. The minimum atomic E-state index is -3.56. The second kappa shape index (κ2) is 9.67. The fourth-order valence-electron chi connectivity index (χ4n) is 3.54. The number of carbonyl (C=O) groups is 1. The molecule has 1 aliphatic rings. The molecule has 1 fully saturated rings. The molecule has 0 bridgehead atoms. The van der Waals surface area contributed by atoms with Crippen molar-refractivity contribution in [2.45, 2.75) is 23.6 Å². The van der Waals surface area contributed by atoms with Crippen molar-refractivity contribution in [3.8, 4) is 17.2 Å². The van der Waals surface area contributed by atoms with Crippen LogP contribution in [-0.2, 0) is 21.4 Å². The summed E-state index contributed by atoms with van der Waals surface area (Å²) in [4.78, 5) is 12.8. The lowest BCUT2D eigenvalue weighted by molar-refractivity contribution is -0.126. The second-order valence-corrected chi connectivity index (χ2v) is 9.96. The van der Waals surface area contributed by atoms with Gasteiger partial charge < -0.3 is 19.5 Å². The van der Waals surface area contributed by atoms with Gasteiger partial charge in [-0.15, -0.1) is 11.3 Å². The average Bonchev–Trinajstić information content (AvgIpc) is 3.32. The smallest absolute Gasteiger partial charge is 0.252 e. The fraction of sp³-hybridized carbons (Fsp3) is 0.450. The predicted molar refractivity (Wildman–Crippen MR) is 114 cm³/mol. The zero-order chi connectivity index (χ0) is 21.7. The average molecular weight is 455 g/mol. The Bertz CT molecular complexity index is 975. The fourth-order valence-corrected chi connectivity index (χ4v) is 6.21. The number of hydrogen-bond acceptors (Lipinski definition) is 7. The molecule has 0 spiro atoms. The van der Waals surface area contributed by atoms with Crippen LogP contribution in [0.4, 0.5) is 0 Å². The minimum Gasteiger partial charge on any atom is -0.493 e. The monoisotopic (exact) mass is 454 g/mol. The SMILES string of the molecule is COc1ccc(CNC(=O)[C@@H]2CCCN(S(=O)(=O)c3cccs3)C2)c(OC)c1OC. The number of nitrogens with one attached hydrogen (secondary N) is 1. The Kier molecular flexibility index (Phi) is 7.22. The molecule has 1 aliphatic heterocycles. The zero-order valence-electron chi connectivity index (χ0n) is 17.2. The number of methoxy groups -OCH3 is 3. The van der Waals surface area contributed by atoms with Gasteiger partial charge in [0.25, 0.3) is 10.0 Å². The molecule has 1 aromatic carbocycles. The Balaban J connectivity index is 1.68. The Morgan fingerprint density at radius 1 is 1.17 bits per heavy atom. The van der Waals surface area contributed by atoms with Crippen LogP contribution in [0.15, 0.2) is 33.9 Å². The zero-order valence-corrected chi connectivity index (χ0v) is 18.8. The molecule has 0 aliphatic carbocycles. The summed E-state index contributed by atoms with van der Waals surface area (Å²) in [5.41, 5.74) is 0.738. The summed E-state index contributed by atoms with van der Waals surface area (Å²) in [6, 6.07) is 6.85. The van der Waals surface area contributed by atoms with Crippen LogP contribution < -0.4 is 19.5 Å². The number of ether oxygens (including phenoxy) is 3. The highest BCUT2D eigenvalue weighted by Gasteiger charge is 2.33. The maximum Gasteiger partial charge on any atom is 0.252 e. The normalized spacial score (nSPS) is 17.4. The Morgan fingerprint density at radius 3 is 2.57 bits per heavy atom. The van der Waals surface area contributed by atoms with E-state index >= 15 is 0 Å². The van der Waals surface area contributed by atoms with Crippen LogP contribution in [0.25, 0.3) is 0 Å². The van der Waals surface area contributed by atoms with Crippen LogP contribution >= 0.6 is 11.3 Å². The van der Waals surface area contributed by atoms with Gasteiger partial charge in [-0.3, -0.25) is 4.79 Å². The summed E-state index contributed by atoms with van der Waals surface area (Å²) in [7, 11) is 1.03. The minimum absolute atomic E-state index is 0.176. The van der Waals surface area contributed by atoms with Gasteiger partial charge in [-0.25, -0.2) is 8.42 Å². The van der Waals surface area contributed by atoms with Gasteiger partial charge in [0, 0.05) is 25.2 Å². The first-order chi connectivity index (χ1) is 14.4. The number of piperidine rings is 1. The summed E-state index contributed by atoms with van der Waals surface area (Å²) >= 11 is 1.19. The number of nitrogens with zero attached hydrogens (tertiary/aromatic N) is 1. The third-order valence-corrected chi connectivity index (χ3v) is 8.32. The first-order valence-electron chi connectivity index (χ1n) is 9.51. The van der Waals surface area contributed by atoms with Gasteiger partial charge in [-0.1, -0.05) is 6.07 Å². The van der Waals surface area contributed by atoms with Crippen LogP contribution in [0.5, 0.6) is 17.2 Å². The van der Waals surface area contributed by atoms with Gasteiger partial charge in [0.1, 0.15) is 4.21 Å². The maximum absolute atomic E-state index is 12.8. The first-order valence-corrected chi connectivity index (χ1v) is 11.8. The molecule has 0 radical (unpaired) electrons. The third kappa shape index (κ3) is 4.55. The lowest BCUT2D eigenvalue weighted by atomic mass is 9.98. The van der Waals surface area contributed by atoms with Crippen molar-refractivity contribution in [3.63, 3.8) is 0 Å². The van der Waals surface area contributed by atoms with Gasteiger partial charge in [-0.2, -0.15) is 4.31 Å². The lowest BCUT2D eigenvalue weighted by Gasteiger charge is -2.30. The standard InChI is InChI=1S/C20H26N2O6S2/c1-26-16-9-8-14(18(27-2)19(16)28-3)12-21-20(23)15-6-4-10-22(13-15)30(24,25)17-7-5-11-29-17/h5,7-9,11,15H,4,6,10,12-13H2,1-3H3,(H,21,23)/t15-/m1/s1. The van der Waals surface area contributed by atoms with Gasteiger partial charge in [-0.05, 0) is 36.4 Å². The molecule has 10 heteroatoms. The molecule has 0 saturated carbocycles. The molecule has 1 atom stereocenters. The van der Waals surface area contributed by atoms with Crippen LogP contribution in [0, 0.1) is 5.92 Å². The number of amides is 1. The van der Waals surface area contributed by atoms with Crippen LogP contribution in [0.1, 0.15) is 18.4 Å². The van der Waals surface area contributed by atoms with E-state index in [0.717, 1.165) is 5.56 Å². The molecule has 1 amide bonds. The quantitative estimate of drug-likeness (QED) is 0.659. The van der Waals surface area contributed by atoms with Gasteiger partial charge >= 0.3 is 0 Å². The van der Waals surface area contributed by atoms with Crippen LogP contribution in [0.3, 0.4) is 0 Å². The van der Waals surface area contributed by atoms with E-state index in [0.29, 0.717) is 40.8 Å². The highest BCUT2D eigenvalue weighted by Crippen LogP contribution is 2.39. The summed E-state index contributed by atoms with van der Waals surface area (Å²) in [6.07, 6.45) is 1.29. The highest BCUT2D eigenvalue weighted by atomic mass is 32.2. The molecule has 1 N–H and O–H groups in total. The molecule has 2 heterocycles. The Labute approximate surface area is 180 Å². The molecular formula is C20H26N2O6S2. The Morgan fingerprint density at radius 2 is 1.93 bits per heavy atom. The first kappa shape index (κ1) is 22.4. The molecule has 30 heavy (non-hydrogen) atoms. The van der Waals surface area contributed by atoms with E-state index in [4.69, 9.17) is 14.2 Å². The van der Waals surface area contributed by atoms with Crippen molar-refractivity contribution in [1.29, 1.82) is 0 Å². The maximum atomic E-state index is 12.8. The van der Waals surface area contributed by atoms with E-state index < -0.39 is 15.9 Å². The van der Waals surface area contributed by atoms with Crippen molar-refractivity contribution in [1.82, 2.24) is 9.62 Å². The van der Waals surface area contributed by atoms with E-state index in [1.807, 2.05) is 0 Å².